The van der Waals surface area contributed by atoms with Crippen molar-refractivity contribution in [3.05, 3.63) is 29.6 Å². The molecule has 0 spiro atoms. The second kappa shape index (κ2) is 5.70. The van der Waals surface area contributed by atoms with E-state index in [4.69, 9.17) is 5.73 Å². The van der Waals surface area contributed by atoms with Gasteiger partial charge in [0.1, 0.15) is 5.82 Å². The lowest BCUT2D eigenvalue weighted by molar-refractivity contribution is 0.445. The molecule has 0 aliphatic carbocycles. The highest BCUT2D eigenvalue weighted by molar-refractivity contribution is 5.55. The van der Waals surface area contributed by atoms with Crippen LogP contribution < -0.4 is 10.6 Å². The summed E-state index contributed by atoms with van der Waals surface area (Å²) in [4.78, 5) is 2.31. The number of rotatable bonds is 3. The Kier molecular flexibility index (Phi) is 4.23. The van der Waals surface area contributed by atoms with Crippen molar-refractivity contribution in [3.63, 3.8) is 0 Å². The molecule has 2 rings (SSSR count). The highest BCUT2D eigenvalue weighted by Crippen LogP contribution is 2.28. The standard InChI is InChI=1S/C15H23FN2/c1-11-5-4-8-18(10-11)15-7-3-6-14(16)13(15)9-12(2)17/h3,6-7,11-12H,4-5,8-10,17H2,1-2H3. The van der Waals surface area contributed by atoms with E-state index in [1.54, 1.807) is 6.07 Å². The molecule has 0 aromatic heterocycles. The van der Waals surface area contributed by atoms with Gasteiger partial charge >= 0.3 is 0 Å². The van der Waals surface area contributed by atoms with Gasteiger partial charge in [0.15, 0.2) is 0 Å². The molecule has 1 aromatic carbocycles. The van der Waals surface area contributed by atoms with Crippen LogP contribution in [-0.4, -0.2) is 19.1 Å². The fraction of sp³-hybridized carbons (Fsp3) is 0.600. The molecule has 0 amide bonds. The first-order chi connectivity index (χ1) is 8.58. The first kappa shape index (κ1) is 13.3. The summed E-state index contributed by atoms with van der Waals surface area (Å²) in [6, 6.07) is 5.35. The zero-order chi connectivity index (χ0) is 13.1. The molecule has 0 bridgehead atoms. The summed E-state index contributed by atoms with van der Waals surface area (Å²) < 4.78 is 14.0. The minimum absolute atomic E-state index is 0.0112. The smallest absolute Gasteiger partial charge is 0.128 e. The van der Waals surface area contributed by atoms with E-state index >= 15 is 0 Å². The molecular formula is C15H23FN2. The van der Waals surface area contributed by atoms with E-state index in [-0.39, 0.29) is 11.9 Å². The summed E-state index contributed by atoms with van der Waals surface area (Å²) in [5.74, 6) is 0.563. The molecule has 1 aromatic rings. The Balaban J connectivity index is 2.28. The van der Waals surface area contributed by atoms with E-state index in [1.807, 2.05) is 13.0 Å². The lowest BCUT2D eigenvalue weighted by Crippen LogP contribution is -2.35. The maximum Gasteiger partial charge on any atom is 0.128 e. The van der Waals surface area contributed by atoms with Crippen LogP contribution in [0.15, 0.2) is 18.2 Å². The molecule has 3 heteroatoms. The summed E-state index contributed by atoms with van der Waals surface area (Å²) in [5.41, 5.74) is 7.65. The Hall–Kier alpha value is -1.09. The Morgan fingerprint density at radius 3 is 2.94 bits per heavy atom. The van der Waals surface area contributed by atoms with Gasteiger partial charge in [0.2, 0.25) is 0 Å². The molecule has 1 aliphatic rings. The van der Waals surface area contributed by atoms with Crippen LogP contribution in [0.25, 0.3) is 0 Å². The minimum Gasteiger partial charge on any atom is -0.371 e. The predicted molar refractivity (Wildman–Crippen MR) is 74.4 cm³/mol. The summed E-state index contributed by atoms with van der Waals surface area (Å²) in [6.45, 7) is 6.24. The largest absolute Gasteiger partial charge is 0.371 e. The highest BCUT2D eigenvalue weighted by atomic mass is 19.1. The van der Waals surface area contributed by atoms with Gasteiger partial charge in [-0.1, -0.05) is 13.0 Å². The highest BCUT2D eigenvalue weighted by Gasteiger charge is 2.20. The normalized spacial score (nSPS) is 22.0. The van der Waals surface area contributed by atoms with Crippen LogP contribution in [0.1, 0.15) is 32.3 Å². The third-order valence-electron chi connectivity index (χ3n) is 3.62. The third-order valence-corrected chi connectivity index (χ3v) is 3.62. The van der Waals surface area contributed by atoms with Gasteiger partial charge in [0.05, 0.1) is 0 Å². The number of nitrogens with two attached hydrogens (primary N) is 1. The molecule has 2 atom stereocenters. The number of anilines is 1. The molecule has 1 saturated heterocycles. The molecular weight excluding hydrogens is 227 g/mol. The molecule has 0 radical (unpaired) electrons. The summed E-state index contributed by atoms with van der Waals surface area (Å²) >= 11 is 0. The van der Waals surface area contributed by atoms with Gasteiger partial charge in [0.25, 0.3) is 0 Å². The molecule has 1 fully saturated rings. The fourth-order valence-electron chi connectivity index (χ4n) is 2.78. The van der Waals surface area contributed by atoms with Crippen molar-refractivity contribution in [1.29, 1.82) is 0 Å². The molecule has 2 unspecified atom stereocenters. The van der Waals surface area contributed by atoms with Gasteiger partial charge in [-0.2, -0.15) is 0 Å². The van der Waals surface area contributed by atoms with Crippen LogP contribution in [0.4, 0.5) is 10.1 Å². The second-order valence-electron chi connectivity index (χ2n) is 5.61. The quantitative estimate of drug-likeness (QED) is 0.893. The Morgan fingerprint density at radius 2 is 2.28 bits per heavy atom. The van der Waals surface area contributed by atoms with Crippen molar-refractivity contribution in [2.75, 3.05) is 18.0 Å². The zero-order valence-electron chi connectivity index (χ0n) is 11.3. The number of nitrogens with zero attached hydrogens (tertiary/aromatic N) is 1. The Morgan fingerprint density at radius 1 is 1.50 bits per heavy atom. The number of hydrogen-bond donors (Lipinski definition) is 1. The van der Waals surface area contributed by atoms with E-state index in [0.29, 0.717) is 12.3 Å². The predicted octanol–water partition coefficient (Wildman–Crippen LogP) is 2.95. The second-order valence-corrected chi connectivity index (χ2v) is 5.61. The Labute approximate surface area is 109 Å². The molecule has 1 heterocycles. The van der Waals surface area contributed by atoms with Crippen LogP contribution in [0.3, 0.4) is 0 Å². The number of hydrogen-bond acceptors (Lipinski definition) is 2. The summed E-state index contributed by atoms with van der Waals surface area (Å²) in [5, 5.41) is 0. The van der Waals surface area contributed by atoms with Crippen LogP contribution in [0, 0.1) is 11.7 Å². The molecule has 2 N–H and O–H groups in total. The van der Waals surface area contributed by atoms with Crippen LogP contribution in [0.5, 0.6) is 0 Å². The van der Waals surface area contributed by atoms with E-state index in [0.717, 1.165) is 24.3 Å². The SMILES string of the molecule is CC(N)Cc1c(F)cccc1N1CCCC(C)C1. The van der Waals surface area contributed by atoms with Crippen molar-refractivity contribution in [3.8, 4) is 0 Å². The maximum atomic E-state index is 14.0. The first-order valence-electron chi connectivity index (χ1n) is 6.86. The van der Waals surface area contributed by atoms with E-state index in [9.17, 15) is 4.39 Å². The molecule has 100 valence electrons. The topological polar surface area (TPSA) is 29.3 Å². The van der Waals surface area contributed by atoms with Gasteiger partial charge in [-0.25, -0.2) is 4.39 Å². The number of halogens is 1. The van der Waals surface area contributed by atoms with Crippen LogP contribution in [-0.2, 0) is 6.42 Å². The maximum absolute atomic E-state index is 14.0. The van der Waals surface area contributed by atoms with E-state index < -0.39 is 0 Å². The van der Waals surface area contributed by atoms with Crippen molar-refractivity contribution < 1.29 is 4.39 Å². The Bertz CT molecular complexity index is 403. The number of piperidine rings is 1. The van der Waals surface area contributed by atoms with E-state index in [2.05, 4.69) is 11.8 Å². The minimum atomic E-state index is -0.122. The van der Waals surface area contributed by atoms with Gasteiger partial charge < -0.3 is 10.6 Å². The zero-order valence-corrected chi connectivity index (χ0v) is 11.3. The lowest BCUT2D eigenvalue weighted by Gasteiger charge is -2.34. The van der Waals surface area contributed by atoms with Crippen molar-refractivity contribution >= 4 is 5.69 Å². The summed E-state index contributed by atoms with van der Waals surface area (Å²) in [7, 11) is 0. The molecule has 2 nitrogen and oxygen atoms in total. The van der Waals surface area contributed by atoms with Crippen molar-refractivity contribution in [1.82, 2.24) is 0 Å². The number of benzene rings is 1. The lowest BCUT2D eigenvalue weighted by atomic mass is 9.97. The fourth-order valence-corrected chi connectivity index (χ4v) is 2.78. The average molecular weight is 250 g/mol. The van der Waals surface area contributed by atoms with Gasteiger partial charge in [-0.15, -0.1) is 0 Å². The van der Waals surface area contributed by atoms with Crippen LogP contribution >= 0.6 is 0 Å². The first-order valence-corrected chi connectivity index (χ1v) is 6.86. The third kappa shape index (κ3) is 3.02. The van der Waals surface area contributed by atoms with E-state index in [1.165, 1.54) is 18.9 Å². The van der Waals surface area contributed by atoms with Gasteiger partial charge in [-0.3, -0.25) is 0 Å². The van der Waals surface area contributed by atoms with Crippen molar-refractivity contribution in [2.45, 2.75) is 39.2 Å². The molecule has 1 aliphatic heterocycles. The molecule has 18 heavy (non-hydrogen) atoms. The van der Waals surface area contributed by atoms with Crippen LogP contribution in [0.2, 0.25) is 0 Å². The monoisotopic (exact) mass is 250 g/mol. The molecule has 0 saturated carbocycles. The van der Waals surface area contributed by atoms with Crippen molar-refractivity contribution in [2.24, 2.45) is 11.7 Å². The van der Waals surface area contributed by atoms with Gasteiger partial charge in [0, 0.05) is 30.4 Å². The average Bonchev–Trinajstić information content (AvgIpc) is 2.31. The summed E-state index contributed by atoms with van der Waals surface area (Å²) in [6.07, 6.45) is 3.07. The van der Waals surface area contributed by atoms with Gasteiger partial charge in [-0.05, 0) is 44.2 Å².